The van der Waals surface area contributed by atoms with E-state index in [2.05, 4.69) is 0 Å². The minimum atomic E-state index is -1.04. The van der Waals surface area contributed by atoms with Gasteiger partial charge in [0.1, 0.15) is 0 Å². The third-order valence-corrected chi connectivity index (χ3v) is 2.21. The first kappa shape index (κ1) is 12.2. The van der Waals surface area contributed by atoms with E-state index in [1.165, 1.54) is 6.08 Å². The van der Waals surface area contributed by atoms with Crippen molar-refractivity contribution in [3.63, 3.8) is 0 Å². The fraction of sp³-hybridized carbons (Fsp3) is 0.231. The Morgan fingerprint density at radius 3 is 2.19 bits per heavy atom. The maximum Gasteiger partial charge on any atom is 0.331 e. The first-order valence-corrected chi connectivity index (χ1v) is 5.06. The number of hydrogen-bond donors (Lipinski definition) is 1. The van der Waals surface area contributed by atoms with Crippen LogP contribution in [0.15, 0.2) is 42.0 Å². The molecule has 0 radical (unpaired) electrons. The Hall–Kier alpha value is -1.90. The third-order valence-electron chi connectivity index (χ3n) is 2.21. The first-order chi connectivity index (χ1) is 7.52. The Bertz CT molecular complexity index is 416. The molecule has 0 saturated heterocycles. The van der Waals surface area contributed by atoms with Crippen LogP contribution in [0.4, 0.5) is 0 Å². The van der Waals surface area contributed by atoms with Crippen LogP contribution in [0.5, 0.6) is 0 Å². The van der Waals surface area contributed by atoms with Gasteiger partial charge < -0.3 is 5.11 Å². The summed E-state index contributed by atoms with van der Waals surface area (Å²) in [6.45, 7) is 3.50. The number of benzene rings is 1. The second-order valence-electron chi connectivity index (χ2n) is 3.79. The molecular weight excluding hydrogens is 204 g/mol. The lowest BCUT2D eigenvalue weighted by atomic mass is 10.00. The van der Waals surface area contributed by atoms with Crippen molar-refractivity contribution in [2.45, 2.75) is 13.8 Å². The zero-order valence-electron chi connectivity index (χ0n) is 9.31. The fourth-order valence-electron chi connectivity index (χ4n) is 1.30. The summed E-state index contributed by atoms with van der Waals surface area (Å²) in [7, 11) is 0. The van der Waals surface area contributed by atoms with Crippen molar-refractivity contribution in [1.82, 2.24) is 0 Å². The quantitative estimate of drug-likeness (QED) is 0.624. The largest absolute Gasteiger partial charge is 0.478 e. The van der Waals surface area contributed by atoms with Gasteiger partial charge in [0.2, 0.25) is 0 Å². The van der Waals surface area contributed by atoms with E-state index >= 15 is 0 Å². The van der Waals surface area contributed by atoms with Crippen molar-refractivity contribution in [3.8, 4) is 0 Å². The van der Waals surface area contributed by atoms with Crippen LogP contribution in [-0.2, 0) is 4.79 Å². The maximum atomic E-state index is 11.7. The lowest BCUT2D eigenvalue weighted by Gasteiger charge is -2.05. The van der Waals surface area contributed by atoms with Crippen LogP contribution in [0.25, 0.3) is 0 Å². The van der Waals surface area contributed by atoms with Crippen molar-refractivity contribution in [2.75, 3.05) is 0 Å². The molecule has 3 heteroatoms. The van der Waals surface area contributed by atoms with Gasteiger partial charge in [0, 0.05) is 11.1 Å². The molecule has 0 fully saturated rings. The topological polar surface area (TPSA) is 54.4 Å². The van der Waals surface area contributed by atoms with Crippen LogP contribution in [0, 0.1) is 5.92 Å². The highest BCUT2D eigenvalue weighted by Crippen LogP contribution is 2.11. The molecule has 1 N–H and O–H groups in total. The van der Waals surface area contributed by atoms with E-state index in [0.29, 0.717) is 5.56 Å². The molecule has 0 atom stereocenters. The molecule has 84 valence electrons. The van der Waals surface area contributed by atoms with Crippen LogP contribution < -0.4 is 0 Å². The highest BCUT2D eigenvalue weighted by molar-refractivity contribution is 6.08. The summed E-state index contributed by atoms with van der Waals surface area (Å²) in [5.74, 6) is -1.49. The smallest absolute Gasteiger partial charge is 0.331 e. The van der Waals surface area contributed by atoms with Gasteiger partial charge in [0.05, 0.1) is 0 Å². The van der Waals surface area contributed by atoms with Crippen LogP contribution in [-0.4, -0.2) is 16.9 Å². The molecule has 0 bridgehead atoms. The third kappa shape index (κ3) is 3.05. The number of rotatable bonds is 4. The molecule has 3 nitrogen and oxygen atoms in total. The molecule has 0 unspecified atom stereocenters. The Labute approximate surface area is 94.4 Å². The Kier molecular flexibility index (Phi) is 4.00. The second kappa shape index (κ2) is 5.26. The molecular formula is C13H14O3. The Morgan fingerprint density at radius 1 is 1.19 bits per heavy atom. The van der Waals surface area contributed by atoms with E-state index in [0.717, 1.165) is 0 Å². The van der Waals surface area contributed by atoms with E-state index in [1.54, 1.807) is 44.2 Å². The van der Waals surface area contributed by atoms with Crippen molar-refractivity contribution in [2.24, 2.45) is 5.92 Å². The molecule has 0 heterocycles. The average Bonchev–Trinajstić information content (AvgIpc) is 2.25. The monoisotopic (exact) mass is 218 g/mol. The van der Waals surface area contributed by atoms with Crippen molar-refractivity contribution >= 4 is 11.8 Å². The van der Waals surface area contributed by atoms with Crippen molar-refractivity contribution < 1.29 is 14.7 Å². The van der Waals surface area contributed by atoms with Gasteiger partial charge in [-0.1, -0.05) is 44.2 Å². The van der Waals surface area contributed by atoms with Crippen LogP contribution in [0.3, 0.4) is 0 Å². The maximum absolute atomic E-state index is 11.7. The fourth-order valence-corrected chi connectivity index (χ4v) is 1.30. The molecule has 0 aromatic heterocycles. The van der Waals surface area contributed by atoms with Gasteiger partial charge in [-0.3, -0.25) is 4.79 Å². The molecule has 1 aromatic rings. The molecule has 0 saturated carbocycles. The average molecular weight is 218 g/mol. The number of allylic oxidation sites excluding steroid dienone is 1. The normalized spacial score (nSPS) is 11.6. The zero-order chi connectivity index (χ0) is 12.1. The van der Waals surface area contributed by atoms with E-state index in [-0.39, 0.29) is 17.3 Å². The predicted molar refractivity (Wildman–Crippen MR) is 61.3 cm³/mol. The summed E-state index contributed by atoms with van der Waals surface area (Å²) in [6, 6.07) is 8.63. The van der Waals surface area contributed by atoms with E-state index in [4.69, 9.17) is 5.11 Å². The van der Waals surface area contributed by atoms with Crippen molar-refractivity contribution in [3.05, 3.63) is 47.5 Å². The summed E-state index contributed by atoms with van der Waals surface area (Å²) in [6.07, 6.45) is 1.20. The SMILES string of the molecule is CC(C)C(=CC(=O)c1ccccc1)C(=O)O. The van der Waals surface area contributed by atoms with Crippen LogP contribution in [0.2, 0.25) is 0 Å². The number of carbonyl (C=O) groups excluding carboxylic acids is 1. The predicted octanol–water partition coefficient (Wildman–Crippen LogP) is 2.54. The van der Waals surface area contributed by atoms with Crippen LogP contribution >= 0.6 is 0 Å². The Balaban J connectivity index is 2.99. The molecule has 0 amide bonds. The second-order valence-corrected chi connectivity index (χ2v) is 3.79. The van der Waals surface area contributed by atoms with Crippen molar-refractivity contribution in [1.29, 1.82) is 0 Å². The first-order valence-electron chi connectivity index (χ1n) is 5.06. The number of carboxylic acids is 1. The van der Waals surface area contributed by atoms with Gasteiger partial charge in [0.15, 0.2) is 5.78 Å². The van der Waals surface area contributed by atoms with Gasteiger partial charge in [-0.05, 0) is 12.0 Å². The summed E-state index contributed by atoms with van der Waals surface area (Å²) in [4.78, 5) is 22.6. The van der Waals surface area contributed by atoms with E-state index in [1.807, 2.05) is 0 Å². The van der Waals surface area contributed by atoms with Gasteiger partial charge in [-0.25, -0.2) is 4.79 Å². The minimum absolute atomic E-state index is 0.133. The van der Waals surface area contributed by atoms with E-state index < -0.39 is 5.97 Å². The number of carbonyl (C=O) groups is 2. The lowest BCUT2D eigenvalue weighted by molar-refractivity contribution is -0.133. The molecule has 0 aliphatic rings. The summed E-state index contributed by atoms with van der Waals surface area (Å²) in [5.41, 5.74) is 0.635. The number of carboxylic acid groups (broad SMARTS) is 1. The molecule has 1 aromatic carbocycles. The molecule has 1 rings (SSSR count). The number of hydrogen-bond acceptors (Lipinski definition) is 2. The highest BCUT2D eigenvalue weighted by Gasteiger charge is 2.14. The Morgan fingerprint density at radius 2 is 1.75 bits per heavy atom. The lowest BCUT2D eigenvalue weighted by Crippen LogP contribution is -2.09. The minimum Gasteiger partial charge on any atom is -0.478 e. The zero-order valence-corrected chi connectivity index (χ0v) is 9.31. The molecule has 0 aliphatic heterocycles. The summed E-state index contributed by atoms with van der Waals surface area (Å²) < 4.78 is 0. The number of ketones is 1. The van der Waals surface area contributed by atoms with Gasteiger partial charge in [0.25, 0.3) is 0 Å². The summed E-state index contributed by atoms with van der Waals surface area (Å²) >= 11 is 0. The van der Waals surface area contributed by atoms with E-state index in [9.17, 15) is 9.59 Å². The molecule has 0 aliphatic carbocycles. The van der Waals surface area contributed by atoms with Gasteiger partial charge >= 0.3 is 5.97 Å². The molecule has 16 heavy (non-hydrogen) atoms. The highest BCUT2D eigenvalue weighted by atomic mass is 16.4. The standard InChI is InChI=1S/C13H14O3/c1-9(2)11(13(15)16)8-12(14)10-6-4-3-5-7-10/h3-9H,1-2H3,(H,15,16). The molecule has 0 spiro atoms. The number of aliphatic carboxylic acids is 1. The van der Waals surface area contributed by atoms with Gasteiger partial charge in [-0.15, -0.1) is 0 Å². The van der Waals surface area contributed by atoms with Crippen LogP contribution in [0.1, 0.15) is 24.2 Å². The summed E-state index contributed by atoms with van der Waals surface area (Å²) in [5, 5.41) is 8.92. The van der Waals surface area contributed by atoms with Gasteiger partial charge in [-0.2, -0.15) is 0 Å².